The Morgan fingerprint density at radius 1 is 0.758 bits per heavy atom. The van der Waals surface area contributed by atoms with Crippen molar-refractivity contribution in [3.63, 3.8) is 0 Å². The van der Waals surface area contributed by atoms with Gasteiger partial charge in [-0.3, -0.25) is 13.7 Å². The van der Waals surface area contributed by atoms with Crippen molar-refractivity contribution < 1.29 is 72.1 Å². The molecule has 0 spiro atoms. The number of anilines is 1. The van der Waals surface area contributed by atoms with E-state index in [9.17, 15) is 38.9 Å². The molecular formula is C45H67N2O16S3+. The fourth-order valence-electron chi connectivity index (χ4n) is 7.74. The highest BCUT2D eigenvalue weighted by Crippen LogP contribution is 2.51. The van der Waals surface area contributed by atoms with Crippen molar-refractivity contribution in [1.82, 2.24) is 4.58 Å². The molecule has 0 amide bonds. The summed E-state index contributed by atoms with van der Waals surface area (Å²) in [5.41, 5.74) is 2.44. The molecule has 18 nitrogen and oxygen atoms in total. The van der Waals surface area contributed by atoms with Crippen LogP contribution in [-0.2, 0) is 64.9 Å². The van der Waals surface area contributed by atoms with Gasteiger partial charge in [-0.2, -0.15) is 25.3 Å². The van der Waals surface area contributed by atoms with E-state index in [2.05, 4.69) is 20.8 Å². The van der Waals surface area contributed by atoms with Crippen LogP contribution in [0.4, 0.5) is 5.69 Å². The van der Waals surface area contributed by atoms with Gasteiger partial charge in [0, 0.05) is 41.4 Å². The lowest BCUT2D eigenvalue weighted by Crippen LogP contribution is -2.31. The van der Waals surface area contributed by atoms with Gasteiger partial charge < -0.3 is 38.1 Å². The topological polar surface area (TPSA) is 249 Å². The largest absolute Gasteiger partial charge is 0.456 e. The smallest absolute Gasteiger partial charge is 0.294 e. The van der Waals surface area contributed by atoms with Crippen LogP contribution in [0.1, 0.15) is 70.8 Å². The predicted molar refractivity (Wildman–Crippen MR) is 251 cm³/mol. The Morgan fingerprint density at radius 3 is 1.88 bits per heavy atom. The molecule has 0 bridgehead atoms. The monoisotopic (exact) mass is 987 g/mol. The lowest BCUT2D eigenvalue weighted by molar-refractivity contribution is -0.0128. The van der Waals surface area contributed by atoms with Crippen LogP contribution < -0.4 is 14.8 Å². The minimum atomic E-state index is -4.61. The zero-order chi connectivity index (χ0) is 48.6. The normalized spacial score (nSPS) is 17.1. The quantitative estimate of drug-likeness (QED) is 0.0427. The van der Waals surface area contributed by atoms with E-state index in [1.165, 1.54) is 12.1 Å². The summed E-state index contributed by atoms with van der Waals surface area (Å²) in [4.78, 5) is 1.64. The van der Waals surface area contributed by atoms with Crippen molar-refractivity contribution in [2.45, 2.75) is 69.6 Å². The summed E-state index contributed by atoms with van der Waals surface area (Å²) in [7, 11) is -13.0. The number of benzene rings is 2. The maximum Gasteiger partial charge on any atom is 0.294 e. The fraction of sp³-hybridized carbons (Fsp3) is 0.578. The Kier molecular flexibility index (Phi) is 21.0. The molecule has 1 aromatic rings. The molecule has 370 valence electrons. The van der Waals surface area contributed by atoms with Crippen LogP contribution in [0.3, 0.4) is 0 Å². The molecule has 66 heavy (non-hydrogen) atoms. The molecule has 4 rings (SSSR count). The molecule has 1 atom stereocenters. The minimum absolute atomic E-state index is 0.0343. The van der Waals surface area contributed by atoms with Gasteiger partial charge in [0.25, 0.3) is 30.4 Å². The van der Waals surface area contributed by atoms with E-state index in [-0.39, 0.29) is 61.8 Å². The fourth-order valence-corrected chi connectivity index (χ4v) is 9.25. The number of nitrogens with zero attached hydrogens (tertiary/aromatic N) is 2. The molecule has 1 aromatic carbocycles. The van der Waals surface area contributed by atoms with Gasteiger partial charge in [0.1, 0.15) is 24.6 Å². The van der Waals surface area contributed by atoms with Crippen LogP contribution in [0.5, 0.6) is 0 Å². The highest BCUT2D eigenvalue weighted by atomic mass is 32.2. The number of fused-ring (bicyclic) bond motifs is 2. The maximum absolute atomic E-state index is 12.4. The second-order valence-corrected chi connectivity index (χ2v) is 21.5. The zero-order valence-electron chi connectivity index (χ0n) is 38.5. The Morgan fingerprint density at radius 2 is 1.33 bits per heavy atom. The number of aliphatic hydroxyl groups is 1. The Hall–Kier alpha value is -3.58. The summed E-state index contributed by atoms with van der Waals surface area (Å²) in [5, 5.41) is 9.54. The van der Waals surface area contributed by atoms with Gasteiger partial charge in [0.2, 0.25) is 5.36 Å². The molecule has 4 N–H and O–H groups in total. The van der Waals surface area contributed by atoms with Crippen molar-refractivity contribution in [2.24, 2.45) is 0 Å². The van der Waals surface area contributed by atoms with Gasteiger partial charge in [-0.1, -0.05) is 26.8 Å². The average Bonchev–Trinajstić information content (AvgIpc) is 3.45. The van der Waals surface area contributed by atoms with E-state index >= 15 is 0 Å². The van der Waals surface area contributed by atoms with E-state index in [1.54, 1.807) is 18.2 Å². The van der Waals surface area contributed by atoms with E-state index < -0.39 is 41.5 Å². The summed E-state index contributed by atoms with van der Waals surface area (Å²) >= 11 is 0. The first-order valence-corrected chi connectivity index (χ1v) is 26.6. The predicted octanol–water partition coefficient (Wildman–Crippen LogP) is 4.42. The summed E-state index contributed by atoms with van der Waals surface area (Å²) in [6, 6.07) is 12.1. The highest BCUT2D eigenvalue weighted by Gasteiger charge is 2.44. The molecule has 2 aliphatic heterocycles. The van der Waals surface area contributed by atoms with Gasteiger partial charge in [0.15, 0.2) is 0 Å². The van der Waals surface area contributed by atoms with Crippen molar-refractivity contribution in [1.29, 1.82) is 0 Å². The van der Waals surface area contributed by atoms with Crippen LogP contribution in [0.25, 0.3) is 17.4 Å². The van der Waals surface area contributed by atoms with Gasteiger partial charge in [0.05, 0.1) is 95.1 Å². The van der Waals surface area contributed by atoms with Gasteiger partial charge in [-0.15, -0.1) is 0 Å². The second-order valence-electron chi connectivity index (χ2n) is 16.9. The maximum atomic E-state index is 12.4. The Labute approximate surface area is 389 Å². The lowest BCUT2D eigenvalue weighted by Gasteiger charge is -2.30. The molecule has 21 heteroatoms. The first-order valence-electron chi connectivity index (χ1n) is 21.9. The molecule has 1 unspecified atom stereocenters. The summed E-state index contributed by atoms with van der Waals surface area (Å²) in [5.74, 6) is 0.236. The third kappa shape index (κ3) is 17.2. The van der Waals surface area contributed by atoms with Crippen molar-refractivity contribution >= 4 is 42.1 Å². The molecular weight excluding hydrogens is 921 g/mol. The third-order valence-corrected chi connectivity index (χ3v) is 13.4. The van der Waals surface area contributed by atoms with Crippen LogP contribution in [-0.4, -0.2) is 148 Å². The van der Waals surface area contributed by atoms with Crippen LogP contribution in [0.15, 0.2) is 69.6 Å². The van der Waals surface area contributed by atoms with Crippen molar-refractivity contribution in [3.8, 4) is 11.3 Å². The first kappa shape index (κ1) is 55.0. The Balaban J connectivity index is 1.61. The summed E-state index contributed by atoms with van der Waals surface area (Å²) in [6.45, 7) is 14.7. The van der Waals surface area contributed by atoms with Gasteiger partial charge >= 0.3 is 0 Å². The number of aliphatic hydroxyl groups excluding tert-OH is 1. The number of ether oxygens (including phenoxy) is 5. The standard InChI is InChI=1S/C45H66N2O16S3/c1-6-46(17-9-31-65(52,53)54)35-12-14-38-39(44(2,3)4)33-36(63-42(38)32-35)10-7-11-43-45(5,16-8-30-64(49,50)51)40-34-37(66(55,56)57)13-15-41(40)47(43)18-20-58-22-24-60-26-28-62-29-27-61-25-23-59-21-19-48/h7,10-15,32-34,48H,6,8-9,16-31H2,1-5H3,(H2-,49,50,51,52,53,54,55,56,57)/p+1. The zero-order valence-corrected chi connectivity index (χ0v) is 41.0. The molecule has 0 radical (unpaired) electrons. The number of hydrogen-bond acceptors (Lipinski definition) is 14. The molecule has 0 fully saturated rings. The number of allylic oxidation sites excluding steroid dienone is 3. The van der Waals surface area contributed by atoms with E-state index in [0.717, 1.165) is 16.5 Å². The number of hydrogen-bond donors (Lipinski definition) is 4. The SMILES string of the molecule is CC[N+](CCCS(=O)(=O)O)=c1ccc2c(C(C)(C)C)cc(C=CC=C3N(CCOCCOCCOCCOCCOCCO)c4ccc(S(=O)(=O)O)cc4C3(C)CCCS(=O)(=O)O)oc-2c1. The van der Waals surface area contributed by atoms with E-state index in [4.69, 9.17) is 33.2 Å². The molecule has 3 aliphatic rings. The minimum Gasteiger partial charge on any atom is -0.456 e. The molecule has 0 saturated heterocycles. The van der Waals surface area contributed by atoms with Crippen molar-refractivity contribution in [3.05, 3.63) is 82.6 Å². The van der Waals surface area contributed by atoms with Crippen LogP contribution in [0, 0.1) is 0 Å². The summed E-state index contributed by atoms with van der Waals surface area (Å²) in [6.07, 6.45) is 5.89. The lowest BCUT2D eigenvalue weighted by atomic mass is 9.77. The van der Waals surface area contributed by atoms with Crippen molar-refractivity contribution in [2.75, 3.05) is 109 Å². The number of rotatable bonds is 29. The molecule has 0 saturated carbocycles. The van der Waals surface area contributed by atoms with Gasteiger partial charge in [-0.25, -0.2) is 4.58 Å². The third-order valence-electron chi connectivity index (χ3n) is 10.9. The van der Waals surface area contributed by atoms with E-state index in [0.29, 0.717) is 94.4 Å². The molecule has 2 heterocycles. The van der Waals surface area contributed by atoms with Gasteiger partial charge in [-0.05, 0) is 85.7 Å². The average molecular weight is 988 g/mol. The molecule has 1 aliphatic carbocycles. The van der Waals surface area contributed by atoms with E-state index in [1.807, 2.05) is 53.7 Å². The Bertz CT molecular complexity index is 2480. The second kappa shape index (κ2) is 25.2. The van der Waals surface area contributed by atoms with Crippen LogP contribution >= 0.6 is 0 Å². The first-order chi connectivity index (χ1) is 31.1. The highest BCUT2D eigenvalue weighted by molar-refractivity contribution is 7.86. The molecule has 0 aromatic heterocycles. The summed E-state index contributed by atoms with van der Waals surface area (Å²) < 4.78 is 136. The van der Waals surface area contributed by atoms with Crippen LogP contribution in [0.2, 0.25) is 0 Å².